The highest BCUT2D eigenvalue weighted by molar-refractivity contribution is 7.03. The van der Waals surface area contributed by atoms with Crippen molar-refractivity contribution in [3.05, 3.63) is 28.7 Å². The van der Waals surface area contributed by atoms with E-state index in [0.717, 1.165) is 30.4 Å². The molecule has 1 amide bonds. The molecule has 0 spiro atoms. The lowest BCUT2D eigenvalue weighted by Gasteiger charge is -2.35. The molecular formula is C15H20N6OS. The fourth-order valence-corrected chi connectivity index (χ4v) is 2.98. The monoisotopic (exact) mass is 332 g/mol. The summed E-state index contributed by atoms with van der Waals surface area (Å²) >= 11 is 1.20. The molecular weight excluding hydrogens is 312 g/mol. The lowest BCUT2D eigenvalue weighted by molar-refractivity contribution is 0.0740. The Morgan fingerprint density at radius 1 is 1.22 bits per heavy atom. The molecule has 0 bridgehead atoms. The second kappa shape index (κ2) is 6.57. The number of hydrogen-bond donors (Lipinski definition) is 0. The van der Waals surface area contributed by atoms with E-state index >= 15 is 0 Å². The summed E-state index contributed by atoms with van der Waals surface area (Å²) in [6.07, 6.45) is 0. The Labute approximate surface area is 139 Å². The molecule has 2 aromatic heterocycles. The zero-order valence-electron chi connectivity index (χ0n) is 13.6. The third kappa shape index (κ3) is 3.47. The van der Waals surface area contributed by atoms with Crippen molar-refractivity contribution in [3.63, 3.8) is 0 Å². The highest BCUT2D eigenvalue weighted by atomic mass is 32.1. The van der Waals surface area contributed by atoms with Crippen molar-refractivity contribution in [1.29, 1.82) is 0 Å². The Balaban J connectivity index is 1.68. The van der Waals surface area contributed by atoms with Gasteiger partial charge >= 0.3 is 0 Å². The lowest BCUT2D eigenvalue weighted by atomic mass is 10.2. The SMILES string of the molecule is Cc1cc(N2CCN(C(=O)c3csnn3)CC2)nc(C(C)C)n1. The van der Waals surface area contributed by atoms with Gasteiger partial charge in [0.05, 0.1) is 0 Å². The summed E-state index contributed by atoms with van der Waals surface area (Å²) in [6.45, 7) is 9.03. The number of piperazine rings is 1. The lowest BCUT2D eigenvalue weighted by Crippen LogP contribution is -2.49. The van der Waals surface area contributed by atoms with Crippen LogP contribution < -0.4 is 4.90 Å². The molecule has 0 radical (unpaired) electrons. The summed E-state index contributed by atoms with van der Waals surface area (Å²) in [4.78, 5) is 25.5. The average Bonchev–Trinajstić information content (AvgIpc) is 3.08. The van der Waals surface area contributed by atoms with E-state index in [9.17, 15) is 4.79 Å². The van der Waals surface area contributed by atoms with Crippen molar-refractivity contribution in [2.24, 2.45) is 0 Å². The van der Waals surface area contributed by atoms with Crippen LogP contribution in [0.2, 0.25) is 0 Å². The maximum absolute atomic E-state index is 12.3. The Morgan fingerprint density at radius 3 is 2.57 bits per heavy atom. The van der Waals surface area contributed by atoms with Gasteiger partial charge in [0, 0.05) is 49.2 Å². The standard InChI is InChI=1S/C15H20N6OS/c1-10(2)14-16-11(3)8-13(17-14)20-4-6-21(7-5-20)15(22)12-9-23-19-18-12/h8-10H,4-7H2,1-3H3. The number of rotatable bonds is 3. The number of carbonyl (C=O) groups is 1. The highest BCUT2D eigenvalue weighted by Crippen LogP contribution is 2.19. The second-order valence-electron chi connectivity index (χ2n) is 5.95. The van der Waals surface area contributed by atoms with E-state index in [1.165, 1.54) is 11.5 Å². The summed E-state index contributed by atoms with van der Waals surface area (Å²) in [6, 6.07) is 2.01. The minimum Gasteiger partial charge on any atom is -0.353 e. The van der Waals surface area contributed by atoms with Gasteiger partial charge in [-0.1, -0.05) is 18.3 Å². The predicted octanol–water partition coefficient (Wildman–Crippen LogP) is 1.72. The zero-order chi connectivity index (χ0) is 16.4. The summed E-state index contributed by atoms with van der Waals surface area (Å²) in [5, 5.41) is 5.55. The van der Waals surface area contributed by atoms with Gasteiger partial charge in [0.1, 0.15) is 11.6 Å². The van der Waals surface area contributed by atoms with Crippen molar-refractivity contribution in [3.8, 4) is 0 Å². The van der Waals surface area contributed by atoms with E-state index < -0.39 is 0 Å². The first-order chi connectivity index (χ1) is 11.0. The second-order valence-corrected chi connectivity index (χ2v) is 6.56. The number of nitrogens with zero attached hydrogens (tertiary/aromatic N) is 6. The first-order valence-corrected chi connectivity index (χ1v) is 8.55. The van der Waals surface area contributed by atoms with E-state index in [-0.39, 0.29) is 5.91 Å². The molecule has 1 aliphatic heterocycles. The van der Waals surface area contributed by atoms with E-state index in [2.05, 4.69) is 38.3 Å². The zero-order valence-corrected chi connectivity index (χ0v) is 14.4. The topological polar surface area (TPSA) is 75.1 Å². The highest BCUT2D eigenvalue weighted by Gasteiger charge is 2.24. The molecule has 0 atom stereocenters. The van der Waals surface area contributed by atoms with Crippen molar-refractivity contribution in [2.45, 2.75) is 26.7 Å². The quantitative estimate of drug-likeness (QED) is 0.852. The van der Waals surface area contributed by atoms with Crippen LogP contribution in [0.4, 0.5) is 5.82 Å². The minimum absolute atomic E-state index is 0.0415. The number of aryl methyl sites for hydroxylation is 1. The van der Waals surface area contributed by atoms with Gasteiger partial charge in [-0.2, -0.15) is 0 Å². The van der Waals surface area contributed by atoms with Crippen LogP contribution in [-0.4, -0.2) is 56.5 Å². The maximum atomic E-state index is 12.3. The number of anilines is 1. The Hall–Kier alpha value is -2.09. The summed E-state index contributed by atoms with van der Waals surface area (Å²) in [5.41, 5.74) is 1.41. The Kier molecular flexibility index (Phi) is 4.51. The molecule has 23 heavy (non-hydrogen) atoms. The third-order valence-electron chi connectivity index (χ3n) is 3.84. The molecule has 0 N–H and O–H groups in total. The van der Waals surface area contributed by atoms with Crippen molar-refractivity contribution in [2.75, 3.05) is 31.1 Å². The molecule has 122 valence electrons. The molecule has 7 nitrogen and oxygen atoms in total. The largest absolute Gasteiger partial charge is 0.353 e. The van der Waals surface area contributed by atoms with Gasteiger partial charge in [0.25, 0.3) is 5.91 Å². The van der Waals surface area contributed by atoms with Gasteiger partial charge in [-0.15, -0.1) is 5.10 Å². The van der Waals surface area contributed by atoms with Crippen LogP contribution >= 0.6 is 11.5 Å². The summed E-state index contributed by atoms with van der Waals surface area (Å²) < 4.78 is 3.75. The smallest absolute Gasteiger partial charge is 0.275 e. The molecule has 0 unspecified atom stereocenters. The van der Waals surface area contributed by atoms with E-state index in [0.29, 0.717) is 24.7 Å². The van der Waals surface area contributed by atoms with Crippen LogP contribution in [0.1, 0.15) is 41.8 Å². The van der Waals surface area contributed by atoms with Crippen LogP contribution in [0.15, 0.2) is 11.4 Å². The molecule has 8 heteroatoms. The number of carbonyl (C=O) groups excluding carboxylic acids is 1. The van der Waals surface area contributed by atoms with Gasteiger partial charge < -0.3 is 9.80 Å². The first-order valence-electron chi connectivity index (χ1n) is 7.71. The van der Waals surface area contributed by atoms with Crippen LogP contribution in [0.5, 0.6) is 0 Å². The van der Waals surface area contributed by atoms with E-state index in [1.54, 1.807) is 5.38 Å². The Morgan fingerprint density at radius 2 is 1.96 bits per heavy atom. The minimum atomic E-state index is -0.0415. The van der Waals surface area contributed by atoms with Gasteiger partial charge in [0.15, 0.2) is 5.69 Å². The molecule has 1 saturated heterocycles. The molecule has 0 aliphatic carbocycles. The molecule has 3 heterocycles. The van der Waals surface area contributed by atoms with Gasteiger partial charge in [0.2, 0.25) is 0 Å². The van der Waals surface area contributed by atoms with Gasteiger partial charge in [-0.3, -0.25) is 4.79 Å². The molecule has 1 fully saturated rings. The molecule has 3 rings (SSSR count). The van der Waals surface area contributed by atoms with Crippen molar-refractivity contribution in [1.82, 2.24) is 24.5 Å². The molecule has 0 saturated carbocycles. The van der Waals surface area contributed by atoms with Crippen molar-refractivity contribution >= 4 is 23.3 Å². The average molecular weight is 332 g/mol. The van der Waals surface area contributed by atoms with E-state index in [4.69, 9.17) is 0 Å². The van der Waals surface area contributed by atoms with Crippen LogP contribution in [-0.2, 0) is 0 Å². The fourth-order valence-electron chi connectivity index (χ4n) is 2.55. The van der Waals surface area contributed by atoms with E-state index in [1.807, 2.05) is 17.9 Å². The van der Waals surface area contributed by atoms with Crippen molar-refractivity contribution < 1.29 is 4.79 Å². The third-order valence-corrected chi connectivity index (χ3v) is 4.35. The number of aromatic nitrogens is 4. The summed E-state index contributed by atoms with van der Waals surface area (Å²) in [5.74, 6) is 2.07. The Bertz CT molecular complexity index is 679. The van der Waals surface area contributed by atoms with Crippen LogP contribution in [0.25, 0.3) is 0 Å². The fraction of sp³-hybridized carbons (Fsp3) is 0.533. The van der Waals surface area contributed by atoms with Gasteiger partial charge in [-0.05, 0) is 18.5 Å². The first kappa shape index (κ1) is 15.8. The predicted molar refractivity (Wildman–Crippen MR) is 88.9 cm³/mol. The number of amides is 1. The number of hydrogen-bond acceptors (Lipinski definition) is 7. The molecule has 0 aromatic carbocycles. The molecule has 2 aromatic rings. The maximum Gasteiger partial charge on any atom is 0.275 e. The normalized spacial score (nSPS) is 15.3. The molecule has 1 aliphatic rings. The van der Waals surface area contributed by atoms with Crippen LogP contribution in [0, 0.1) is 6.92 Å². The van der Waals surface area contributed by atoms with Crippen LogP contribution in [0.3, 0.4) is 0 Å². The summed E-state index contributed by atoms with van der Waals surface area (Å²) in [7, 11) is 0. The van der Waals surface area contributed by atoms with Gasteiger partial charge in [-0.25, -0.2) is 9.97 Å².